The fraction of sp³-hybridized carbons (Fsp3) is 0.174. The lowest BCUT2D eigenvalue weighted by Crippen LogP contribution is -2.16. The highest BCUT2D eigenvalue weighted by molar-refractivity contribution is 5.95. The number of carbonyl (C=O) groups excluding carboxylic acids is 1. The predicted octanol–water partition coefficient (Wildman–Crippen LogP) is 3.67. The van der Waals surface area contributed by atoms with Gasteiger partial charge in [-0.3, -0.25) is 4.79 Å². The topological polar surface area (TPSA) is 107 Å². The number of hydrogen-bond donors (Lipinski definition) is 3. The third kappa shape index (κ3) is 4.34. The number of rotatable bonds is 7. The maximum atomic E-state index is 11.9. The molecule has 0 saturated heterocycles. The van der Waals surface area contributed by atoms with Gasteiger partial charge in [0.1, 0.15) is 5.75 Å². The molecule has 0 aliphatic rings. The summed E-state index contributed by atoms with van der Waals surface area (Å²) in [5.41, 5.74) is 9.69. The molecule has 0 unspecified atom stereocenters. The average molecular weight is 416 g/mol. The Hall–Kier alpha value is -3.91. The Kier molecular flexibility index (Phi) is 5.81. The van der Waals surface area contributed by atoms with Crippen LogP contribution in [0.5, 0.6) is 5.75 Å². The predicted molar refractivity (Wildman–Crippen MR) is 123 cm³/mol. The quantitative estimate of drug-likeness (QED) is 0.424. The molecule has 2 heterocycles. The van der Waals surface area contributed by atoms with Crippen LogP contribution >= 0.6 is 0 Å². The van der Waals surface area contributed by atoms with Crippen molar-refractivity contribution in [3.63, 3.8) is 0 Å². The number of aryl methyl sites for hydroxylation is 1. The van der Waals surface area contributed by atoms with Gasteiger partial charge in [0.25, 0.3) is 0 Å². The molecule has 0 bridgehead atoms. The van der Waals surface area contributed by atoms with E-state index in [0.717, 1.165) is 22.2 Å². The van der Waals surface area contributed by atoms with E-state index in [4.69, 9.17) is 15.5 Å². The number of aromatic nitrogens is 3. The van der Waals surface area contributed by atoms with E-state index in [0.29, 0.717) is 29.6 Å². The van der Waals surface area contributed by atoms with Gasteiger partial charge in [0.2, 0.25) is 11.9 Å². The number of nitrogens with two attached hydrogens (primary N) is 1. The van der Waals surface area contributed by atoms with Crippen molar-refractivity contribution < 1.29 is 9.53 Å². The number of methoxy groups -OCH3 is 1. The van der Waals surface area contributed by atoms with Crippen LogP contribution in [0.4, 0.5) is 17.3 Å². The summed E-state index contributed by atoms with van der Waals surface area (Å²) in [5, 5.41) is 7.15. The first kappa shape index (κ1) is 20.4. The Morgan fingerprint density at radius 1 is 1.19 bits per heavy atom. The lowest BCUT2D eigenvalue weighted by molar-refractivity contribution is -0.116. The van der Waals surface area contributed by atoms with Gasteiger partial charge >= 0.3 is 0 Å². The van der Waals surface area contributed by atoms with E-state index in [2.05, 4.69) is 38.5 Å². The Balaban J connectivity index is 1.65. The van der Waals surface area contributed by atoms with E-state index in [9.17, 15) is 4.79 Å². The molecule has 158 valence electrons. The van der Waals surface area contributed by atoms with Crippen molar-refractivity contribution in [2.24, 2.45) is 12.8 Å². The maximum Gasteiger partial charge on any atom is 0.227 e. The Morgan fingerprint density at radius 3 is 2.84 bits per heavy atom. The van der Waals surface area contributed by atoms with Crippen LogP contribution in [0.2, 0.25) is 0 Å². The normalized spacial score (nSPS) is 10.8. The monoisotopic (exact) mass is 416 g/mol. The second kappa shape index (κ2) is 8.85. The minimum absolute atomic E-state index is 0.146. The summed E-state index contributed by atoms with van der Waals surface area (Å²) in [7, 11) is 3.60. The number of nitrogens with one attached hydrogen (secondary N) is 2. The first-order valence-electron chi connectivity index (χ1n) is 9.91. The first-order chi connectivity index (χ1) is 15.1. The van der Waals surface area contributed by atoms with Crippen molar-refractivity contribution in [1.82, 2.24) is 14.5 Å². The SMILES string of the molecule is COc1ccc(NC(=O)CCN)cc1Nc1nccc(-c2cn(C)c3ccccc23)n1. The van der Waals surface area contributed by atoms with Gasteiger partial charge in [0, 0.05) is 54.6 Å². The van der Waals surface area contributed by atoms with Gasteiger partial charge in [-0.05, 0) is 30.3 Å². The third-order valence-corrected chi connectivity index (χ3v) is 4.93. The van der Waals surface area contributed by atoms with Crippen molar-refractivity contribution in [2.75, 3.05) is 24.3 Å². The van der Waals surface area contributed by atoms with Crippen molar-refractivity contribution in [2.45, 2.75) is 6.42 Å². The van der Waals surface area contributed by atoms with Crippen LogP contribution in [0.25, 0.3) is 22.2 Å². The summed E-state index contributed by atoms with van der Waals surface area (Å²) >= 11 is 0. The minimum atomic E-state index is -0.146. The molecule has 4 aromatic rings. The van der Waals surface area contributed by atoms with Gasteiger partial charge in [0.15, 0.2) is 0 Å². The highest BCUT2D eigenvalue weighted by atomic mass is 16.5. The largest absolute Gasteiger partial charge is 0.495 e. The highest BCUT2D eigenvalue weighted by Gasteiger charge is 2.12. The van der Waals surface area contributed by atoms with Crippen molar-refractivity contribution in [3.05, 3.63) is 60.9 Å². The Morgan fingerprint density at radius 2 is 2.03 bits per heavy atom. The molecule has 0 aliphatic heterocycles. The molecule has 31 heavy (non-hydrogen) atoms. The molecule has 2 aromatic carbocycles. The zero-order valence-corrected chi connectivity index (χ0v) is 17.4. The van der Waals surface area contributed by atoms with E-state index in [1.54, 1.807) is 31.5 Å². The number of para-hydroxylation sites is 1. The molecule has 0 spiro atoms. The Bertz CT molecular complexity index is 1230. The highest BCUT2D eigenvalue weighted by Crippen LogP contribution is 2.32. The molecule has 4 N–H and O–H groups in total. The molecule has 0 fully saturated rings. The summed E-state index contributed by atoms with van der Waals surface area (Å²) in [6.45, 7) is 0.294. The first-order valence-corrected chi connectivity index (χ1v) is 9.91. The molecule has 0 aliphatic carbocycles. The molecule has 0 atom stereocenters. The van der Waals surface area contributed by atoms with E-state index < -0.39 is 0 Å². The molecule has 2 aromatic heterocycles. The van der Waals surface area contributed by atoms with Gasteiger partial charge in [-0.25, -0.2) is 9.97 Å². The number of fused-ring (bicyclic) bond motifs is 1. The number of ether oxygens (including phenoxy) is 1. The lowest BCUT2D eigenvalue weighted by atomic mass is 10.1. The number of carbonyl (C=O) groups is 1. The lowest BCUT2D eigenvalue weighted by Gasteiger charge is -2.13. The third-order valence-electron chi connectivity index (χ3n) is 4.93. The van der Waals surface area contributed by atoms with Crippen LogP contribution in [0.15, 0.2) is 60.9 Å². The van der Waals surface area contributed by atoms with Crippen LogP contribution in [0.1, 0.15) is 6.42 Å². The molecular formula is C23H24N6O2. The second-order valence-corrected chi connectivity index (χ2v) is 7.06. The number of benzene rings is 2. The van der Waals surface area contributed by atoms with Crippen molar-refractivity contribution in [3.8, 4) is 17.0 Å². The summed E-state index contributed by atoms with van der Waals surface area (Å²) in [6.07, 6.45) is 4.03. The van der Waals surface area contributed by atoms with Crippen molar-refractivity contribution >= 4 is 34.1 Å². The number of anilines is 3. The molecule has 8 nitrogen and oxygen atoms in total. The minimum Gasteiger partial charge on any atom is -0.495 e. The van der Waals surface area contributed by atoms with Crippen LogP contribution < -0.4 is 21.1 Å². The zero-order chi connectivity index (χ0) is 21.8. The van der Waals surface area contributed by atoms with Crippen molar-refractivity contribution in [1.29, 1.82) is 0 Å². The molecule has 8 heteroatoms. The molecule has 0 radical (unpaired) electrons. The molecule has 0 saturated carbocycles. The number of nitrogens with zero attached hydrogens (tertiary/aromatic N) is 3. The van der Waals surface area contributed by atoms with Crippen LogP contribution in [0, 0.1) is 0 Å². The summed E-state index contributed by atoms with van der Waals surface area (Å²) in [4.78, 5) is 20.9. The smallest absolute Gasteiger partial charge is 0.227 e. The van der Waals surface area contributed by atoms with E-state index >= 15 is 0 Å². The molecular weight excluding hydrogens is 392 g/mol. The van der Waals surface area contributed by atoms with Crippen LogP contribution in [-0.2, 0) is 11.8 Å². The van der Waals surface area contributed by atoms with Crippen LogP contribution in [0.3, 0.4) is 0 Å². The fourth-order valence-electron chi connectivity index (χ4n) is 3.47. The van der Waals surface area contributed by atoms with Gasteiger partial charge < -0.3 is 25.7 Å². The molecule has 4 rings (SSSR count). The van der Waals surface area contributed by atoms with Crippen LogP contribution in [-0.4, -0.2) is 34.1 Å². The zero-order valence-electron chi connectivity index (χ0n) is 17.4. The van der Waals surface area contributed by atoms with Gasteiger partial charge in [-0.1, -0.05) is 18.2 Å². The molecule has 1 amide bonds. The average Bonchev–Trinajstić information content (AvgIpc) is 3.11. The number of hydrogen-bond acceptors (Lipinski definition) is 6. The van der Waals surface area contributed by atoms with E-state index in [-0.39, 0.29) is 12.3 Å². The fourth-order valence-corrected chi connectivity index (χ4v) is 3.47. The van der Waals surface area contributed by atoms with Gasteiger partial charge in [0.05, 0.1) is 18.5 Å². The van der Waals surface area contributed by atoms with Gasteiger partial charge in [-0.2, -0.15) is 0 Å². The summed E-state index contributed by atoms with van der Waals surface area (Å²) in [5.74, 6) is 0.887. The Labute approximate surface area is 180 Å². The number of amides is 1. The maximum absolute atomic E-state index is 11.9. The second-order valence-electron chi connectivity index (χ2n) is 7.06. The van der Waals surface area contributed by atoms with E-state index in [1.165, 1.54) is 0 Å². The standard InChI is InChI=1S/C23H24N6O2/c1-29-14-17(16-5-3-4-6-20(16)29)18-10-12-25-23(27-18)28-19-13-15(7-8-21(19)31-2)26-22(30)9-11-24/h3-8,10,12-14H,9,11,24H2,1-2H3,(H,26,30)(H,25,27,28). The van der Waals surface area contributed by atoms with Gasteiger partial charge in [-0.15, -0.1) is 0 Å². The van der Waals surface area contributed by atoms with E-state index in [1.807, 2.05) is 25.2 Å². The summed E-state index contributed by atoms with van der Waals surface area (Å²) in [6, 6.07) is 15.4. The summed E-state index contributed by atoms with van der Waals surface area (Å²) < 4.78 is 7.53.